The fourth-order valence-electron chi connectivity index (χ4n) is 1.54. The number of nitrogens with one attached hydrogen (secondary N) is 1. The number of carbonyl (C=O) groups is 1. The monoisotopic (exact) mass is 279 g/mol. The van der Waals surface area contributed by atoms with Gasteiger partial charge in [0.05, 0.1) is 11.9 Å². The Kier molecular flexibility index (Phi) is 3.90. The summed E-state index contributed by atoms with van der Waals surface area (Å²) in [7, 11) is 0. The number of carbonyl (C=O) groups excluding carboxylic acids is 1. The van der Waals surface area contributed by atoms with Gasteiger partial charge < -0.3 is 5.32 Å². The molecule has 0 aliphatic heterocycles. The zero-order chi connectivity index (χ0) is 14.0. The van der Waals surface area contributed by atoms with E-state index < -0.39 is 5.82 Å². The minimum absolute atomic E-state index is 0.144. The van der Waals surface area contributed by atoms with Gasteiger partial charge in [-0.25, -0.2) is 4.39 Å². The molecule has 1 amide bonds. The van der Waals surface area contributed by atoms with E-state index in [1.807, 2.05) is 13.8 Å². The largest absolute Gasteiger partial charge is 0.319 e. The Labute approximate surface area is 116 Å². The second kappa shape index (κ2) is 5.44. The number of aromatic nitrogens is 2. The molecule has 6 heteroatoms. The molecule has 1 aromatic heterocycles. The van der Waals surface area contributed by atoms with Crippen molar-refractivity contribution in [2.24, 2.45) is 0 Å². The van der Waals surface area contributed by atoms with E-state index in [4.69, 9.17) is 0 Å². The van der Waals surface area contributed by atoms with E-state index in [9.17, 15) is 9.18 Å². The summed E-state index contributed by atoms with van der Waals surface area (Å²) >= 11 is 3.95. The summed E-state index contributed by atoms with van der Waals surface area (Å²) in [5.41, 5.74) is 0.951. The Bertz CT molecular complexity index is 610. The molecule has 0 fully saturated rings. The summed E-state index contributed by atoms with van der Waals surface area (Å²) < 4.78 is 14.8. The molecule has 0 aliphatic rings. The van der Waals surface area contributed by atoms with Crippen LogP contribution in [0.15, 0.2) is 35.5 Å². The highest BCUT2D eigenvalue weighted by molar-refractivity contribution is 7.80. The standard InChI is InChI=1S/C13H14FN3OS/c1-8(2)17-7-10(6-15-17)16-13(18)9-3-4-11(14)12(19)5-9/h3-8,19H,1-2H3,(H,16,18). The van der Waals surface area contributed by atoms with Gasteiger partial charge in [-0.1, -0.05) is 0 Å². The van der Waals surface area contributed by atoms with Gasteiger partial charge in [0.25, 0.3) is 5.91 Å². The van der Waals surface area contributed by atoms with Crippen LogP contribution >= 0.6 is 12.6 Å². The molecule has 0 atom stereocenters. The van der Waals surface area contributed by atoms with Crippen LogP contribution in [0.2, 0.25) is 0 Å². The lowest BCUT2D eigenvalue weighted by molar-refractivity contribution is 0.102. The van der Waals surface area contributed by atoms with Crippen molar-refractivity contribution >= 4 is 24.2 Å². The van der Waals surface area contributed by atoms with E-state index >= 15 is 0 Å². The molecular formula is C13H14FN3OS. The Balaban J connectivity index is 2.13. The molecule has 0 unspecified atom stereocenters. The maximum Gasteiger partial charge on any atom is 0.255 e. The average Bonchev–Trinajstić information content (AvgIpc) is 2.81. The summed E-state index contributed by atoms with van der Waals surface area (Å²) in [4.78, 5) is 12.1. The van der Waals surface area contributed by atoms with Crippen molar-refractivity contribution in [3.05, 3.63) is 42.0 Å². The first kappa shape index (κ1) is 13.6. The van der Waals surface area contributed by atoms with Crippen LogP contribution in [0.3, 0.4) is 0 Å². The second-order valence-electron chi connectivity index (χ2n) is 4.42. The molecule has 100 valence electrons. The second-order valence-corrected chi connectivity index (χ2v) is 4.90. The van der Waals surface area contributed by atoms with Crippen LogP contribution < -0.4 is 5.32 Å². The van der Waals surface area contributed by atoms with Crippen molar-refractivity contribution in [3.63, 3.8) is 0 Å². The normalized spacial score (nSPS) is 10.8. The molecule has 0 bridgehead atoms. The quantitative estimate of drug-likeness (QED) is 0.848. The number of amides is 1. The van der Waals surface area contributed by atoms with Crippen molar-refractivity contribution in [1.29, 1.82) is 0 Å². The maximum atomic E-state index is 13.1. The molecule has 2 rings (SSSR count). The van der Waals surface area contributed by atoms with Crippen LogP contribution in [-0.2, 0) is 0 Å². The van der Waals surface area contributed by atoms with E-state index in [1.54, 1.807) is 17.1 Å². The molecule has 0 radical (unpaired) electrons. The third-order valence-corrected chi connectivity index (χ3v) is 2.94. The summed E-state index contributed by atoms with van der Waals surface area (Å²) in [6, 6.07) is 4.24. The van der Waals surface area contributed by atoms with Gasteiger partial charge in [0.1, 0.15) is 5.82 Å². The number of thiol groups is 1. The van der Waals surface area contributed by atoms with Crippen molar-refractivity contribution in [2.75, 3.05) is 5.32 Å². The van der Waals surface area contributed by atoms with Gasteiger partial charge in [-0.2, -0.15) is 5.10 Å². The lowest BCUT2D eigenvalue weighted by Gasteiger charge is -2.05. The van der Waals surface area contributed by atoms with Gasteiger partial charge in [-0.15, -0.1) is 12.6 Å². The summed E-state index contributed by atoms with van der Waals surface area (Å²) in [6.45, 7) is 3.98. The smallest absolute Gasteiger partial charge is 0.255 e. The highest BCUT2D eigenvalue weighted by atomic mass is 32.1. The van der Waals surface area contributed by atoms with Gasteiger partial charge in [-0.05, 0) is 32.0 Å². The number of rotatable bonds is 3. The Morgan fingerprint density at radius 1 is 1.47 bits per heavy atom. The first-order valence-corrected chi connectivity index (χ1v) is 6.26. The van der Waals surface area contributed by atoms with E-state index in [2.05, 4.69) is 23.0 Å². The van der Waals surface area contributed by atoms with Crippen molar-refractivity contribution < 1.29 is 9.18 Å². The van der Waals surface area contributed by atoms with Crippen LogP contribution in [0.1, 0.15) is 30.2 Å². The highest BCUT2D eigenvalue weighted by Crippen LogP contribution is 2.16. The van der Waals surface area contributed by atoms with Gasteiger partial charge in [0, 0.05) is 22.7 Å². The zero-order valence-electron chi connectivity index (χ0n) is 10.6. The maximum absolute atomic E-state index is 13.1. The first-order chi connectivity index (χ1) is 8.97. The number of halogens is 1. The third kappa shape index (κ3) is 3.14. The van der Waals surface area contributed by atoms with Crippen LogP contribution in [0, 0.1) is 5.82 Å². The molecule has 0 saturated carbocycles. The minimum Gasteiger partial charge on any atom is -0.319 e. The average molecular weight is 279 g/mol. The van der Waals surface area contributed by atoms with Crippen LogP contribution in [-0.4, -0.2) is 15.7 Å². The van der Waals surface area contributed by atoms with Gasteiger partial charge >= 0.3 is 0 Å². The molecule has 4 nitrogen and oxygen atoms in total. The summed E-state index contributed by atoms with van der Waals surface area (Å²) in [6.07, 6.45) is 3.32. The zero-order valence-corrected chi connectivity index (χ0v) is 11.5. The third-order valence-electron chi connectivity index (χ3n) is 2.60. The number of benzene rings is 1. The Morgan fingerprint density at radius 2 is 2.21 bits per heavy atom. The fourth-order valence-corrected chi connectivity index (χ4v) is 1.76. The SMILES string of the molecule is CC(C)n1cc(NC(=O)c2ccc(F)c(S)c2)cn1. The predicted octanol–water partition coefficient (Wildman–Crippen LogP) is 3.14. The molecule has 2 aromatic rings. The number of anilines is 1. The molecule has 0 aliphatic carbocycles. The van der Waals surface area contributed by atoms with Crippen molar-refractivity contribution in [3.8, 4) is 0 Å². The molecular weight excluding hydrogens is 265 g/mol. The molecule has 1 heterocycles. The van der Waals surface area contributed by atoms with E-state index in [0.29, 0.717) is 11.3 Å². The molecule has 1 aromatic carbocycles. The highest BCUT2D eigenvalue weighted by Gasteiger charge is 2.10. The lowest BCUT2D eigenvalue weighted by Crippen LogP contribution is -2.11. The molecule has 1 N–H and O–H groups in total. The molecule has 0 saturated heterocycles. The van der Waals surface area contributed by atoms with Crippen LogP contribution in [0.4, 0.5) is 10.1 Å². The number of hydrogen-bond donors (Lipinski definition) is 2. The summed E-state index contributed by atoms with van der Waals surface area (Å²) in [5, 5.41) is 6.82. The predicted molar refractivity (Wildman–Crippen MR) is 74.2 cm³/mol. The van der Waals surface area contributed by atoms with Crippen molar-refractivity contribution in [1.82, 2.24) is 9.78 Å². The molecule has 0 spiro atoms. The van der Waals surface area contributed by atoms with Gasteiger partial charge in [-0.3, -0.25) is 9.48 Å². The van der Waals surface area contributed by atoms with Crippen LogP contribution in [0.25, 0.3) is 0 Å². The summed E-state index contributed by atoms with van der Waals surface area (Å²) in [5.74, 6) is -0.772. The Hall–Kier alpha value is -1.82. The lowest BCUT2D eigenvalue weighted by atomic mass is 10.2. The molecule has 19 heavy (non-hydrogen) atoms. The number of hydrogen-bond acceptors (Lipinski definition) is 3. The van der Waals surface area contributed by atoms with E-state index in [-0.39, 0.29) is 16.8 Å². The topological polar surface area (TPSA) is 46.9 Å². The van der Waals surface area contributed by atoms with Crippen LogP contribution in [0.5, 0.6) is 0 Å². The van der Waals surface area contributed by atoms with Gasteiger partial charge in [0.2, 0.25) is 0 Å². The first-order valence-electron chi connectivity index (χ1n) is 5.81. The number of nitrogens with zero attached hydrogens (tertiary/aromatic N) is 2. The van der Waals surface area contributed by atoms with Gasteiger partial charge in [0.15, 0.2) is 0 Å². The fraction of sp³-hybridized carbons (Fsp3) is 0.231. The van der Waals surface area contributed by atoms with Crippen molar-refractivity contribution in [2.45, 2.75) is 24.8 Å². The Morgan fingerprint density at radius 3 is 2.79 bits per heavy atom. The van der Waals surface area contributed by atoms with E-state index in [0.717, 1.165) is 0 Å². The minimum atomic E-state index is -0.451. The van der Waals surface area contributed by atoms with E-state index in [1.165, 1.54) is 18.2 Å².